The lowest BCUT2D eigenvalue weighted by Crippen LogP contribution is -2.41. The molecule has 1 aliphatic heterocycles. The predicted molar refractivity (Wildman–Crippen MR) is 98.7 cm³/mol. The summed E-state index contributed by atoms with van der Waals surface area (Å²) in [6.07, 6.45) is 2.83. The van der Waals surface area contributed by atoms with Gasteiger partial charge in [0, 0.05) is 19.0 Å². The van der Waals surface area contributed by atoms with Crippen LogP contribution in [0.4, 0.5) is 4.79 Å². The molecule has 1 fully saturated rings. The summed E-state index contributed by atoms with van der Waals surface area (Å²) in [5.41, 5.74) is 1.46. The maximum atomic E-state index is 12.2. The van der Waals surface area contributed by atoms with E-state index in [0.717, 1.165) is 18.5 Å². The Morgan fingerprint density at radius 2 is 1.93 bits per heavy atom. The van der Waals surface area contributed by atoms with Crippen molar-refractivity contribution in [3.8, 4) is 0 Å². The molecule has 1 amide bonds. The second-order valence-corrected chi connectivity index (χ2v) is 7.65. The van der Waals surface area contributed by atoms with Gasteiger partial charge in [0.15, 0.2) is 0 Å². The van der Waals surface area contributed by atoms with E-state index in [1.54, 1.807) is 11.8 Å². The molecule has 0 aliphatic carbocycles. The fraction of sp³-hybridized carbons (Fsp3) is 0.579. The Labute approximate surface area is 158 Å². The van der Waals surface area contributed by atoms with E-state index < -0.39 is 11.6 Å². The van der Waals surface area contributed by atoms with Crippen molar-refractivity contribution in [2.75, 3.05) is 19.7 Å². The number of aromatic nitrogens is 3. The molecule has 146 valence electrons. The topological polar surface area (TPSA) is 86.0 Å². The number of amides is 1. The number of rotatable bonds is 3. The molecule has 0 N–H and O–H groups in total. The molecule has 0 spiro atoms. The molecule has 27 heavy (non-hydrogen) atoms. The van der Waals surface area contributed by atoms with Crippen molar-refractivity contribution in [3.05, 3.63) is 29.6 Å². The first kappa shape index (κ1) is 19.1. The van der Waals surface area contributed by atoms with Gasteiger partial charge in [0.2, 0.25) is 0 Å². The summed E-state index contributed by atoms with van der Waals surface area (Å²) in [4.78, 5) is 25.9. The van der Waals surface area contributed by atoms with Gasteiger partial charge in [-0.15, -0.1) is 0 Å². The molecule has 0 atom stereocenters. The maximum Gasteiger partial charge on any atom is 0.410 e. The number of likely N-dealkylation sites (tertiary alicyclic amines) is 1. The highest BCUT2D eigenvalue weighted by atomic mass is 16.6. The van der Waals surface area contributed by atoms with Gasteiger partial charge < -0.3 is 14.4 Å². The van der Waals surface area contributed by atoms with Gasteiger partial charge in [-0.05, 0) is 52.7 Å². The highest BCUT2D eigenvalue weighted by Crippen LogP contribution is 2.28. The minimum Gasteiger partial charge on any atom is -0.462 e. The summed E-state index contributed by atoms with van der Waals surface area (Å²) < 4.78 is 11.9. The molecule has 0 bridgehead atoms. The first-order chi connectivity index (χ1) is 12.8. The molecule has 3 rings (SSSR count). The van der Waals surface area contributed by atoms with E-state index in [4.69, 9.17) is 9.47 Å². The minimum absolute atomic E-state index is 0.239. The molecule has 0 radical (unpaired) electrons. The van der Waals surface area contributed by atoms with Crippen LogP contribution in [0.15, 0.2) is 18.3 Å². The lowest BCUT2D eigenvalue weighted by atomic mass is 9.93. The third-order valence-corrected chi connectivity index (χ3v) is 4.47. The first-order valence-corrected chi connectivity index (χ1v) is 9.28. The minimum atomic E-state index is -0.489. The zero-order valence-electron chi connectivity index (χ0n) is 16.3. The monoisotopic (exact) mass is 374 g/mol. The lowest BCUT2D eigenvalue weighted by Gasteiger charge is -2.33. The average Bonchev–Trinajstić information content (AvgIpc) is 3.04. The van der Waals surface area contributed by atoms with E-state index in [0.29, 0.717) is 30.8 Å². The summed E-state index contributed by atoms with van der Waals surface area (Å²) in [6, 6.07) is 3.77. The van der Waals surface area contributed by atoms with Crippen LogP contribution in [-0.2, 0) is 9.47 Å². The summed E-state index contributed by atoms with van der Waals surface area (Å²) >= 11 is 0. The predicted octanol–water partition coefficient (Wildman–Crippen LogP) is 3.02. The number of piperidine rings is 1. The average molecular weight is 374 g/mol. The molecule has 1 saturated heterocycles. The van der Waals surface area contributed by atoms with Crippen LogP contribution in [0, 0.1) is 0 Å². The summed E-state index contributed by atoms with van der Waals surface area (Å²) in [5, 5.41) is 8.74. The molecule has 0 saturated carbocycles. The Hall–Kier alpha value is -2.64. The van der Waals surface area contributed by atoms with Crippen LogP contribution in [0.3, 0.4) is 0 Å². The molecular weight excluding hydrogens is 348 g/mol. The SMILES string of the molecule is CCOC(=O)c1cnn2nc(C3CCN(C(=O)OC(C)(C)C)CC3)ccc12. The Balaban J connectivity index is 1.67. The smallest absolute Gasteiger partial charge is 0.410 e. The van der Waals surface area contributed by atoms with Gasteiger partial charge in [-0.25, -0.2) is 9.59 Å². The van der Waals surface area contributed by atoms with Gasteiger partial charge in [-0.2, -0.15) is 14.8 Å². The van der Waals surface area contributed by atoms with Crippen LogP contribution < -0.4 is 0 Å². The molecule has 0 aromatic carbocycles. The van der Waals surface area contributed by atoms with Crippen molar-refractivity contribution >= 4 is 17.6 Å². The molecule has 1 aliphatic rings. The number of nitrogens with zero attached hydrogens (tertiary/aromatic N) is 4. The standard InChI is InChI=1S/C19H26N4O4/c1-5-26-17(24)14-12-20-23-16(14)7-6-15(21-23)13-8-10-22(11-9-13)18(25)27-19(2,3)4/h6-7,12-13H,5,8-11H2,1-4H3. The second kappa shape index (κ2) is 7.54. The van der Waals surface area contributed by atoms with E-state index in [1.807, 2.05) is 32.9 Å². The van der Waals surface area contributed by atoms with Crippen molar-refractivity contribution in [1.29, 1.82) is 0 Å². The van der Waals surface area contributed by atoms with Gasteiger partial charge in [0.05, 0.1) is 18.5 Å². The molecule has 0 unspecified atom stereocenters. The zero-order chi connectivity index (χ0) is 19.6. The van der Waals surface area contributed by atoms with Crippen molar-refractivity contribution in [2.45, 2.75) is 52.1 Å². The van der Waals surface area contributed by atoms with Crippen LogP contribution in [0.25, 0.3) is 5.52 Å². The number of hydrogen-bond donors (Lipinski definition) is 0. The first-order valence-electron chi connectivity index (χ1n) is 9.28. The van der Waals surface area contributed by atoms with Crippen LogP contribution in [0.5, 0.6) is 0 Å². The summed E-state index contributed by atoms with van der Waals surface area (Å²) in [5.74, 6) is -0.156. The molecule has 2 aromatic heterocycles. The number of ether oxygens (including phenoxy) is 2. The number of esters is 1. The van der Waals surface area contributed by atoms with Gasteiger partial charge >= 0.3 is 12.1 Å². The van der Waals surface area contributed by atoms with Crippen LogP contribution in [0.2, 0.25) is 0 Å². The Morgan fingerprint density at radius 1 is 1.22 bits per heavy atom. The lowest BCUT2D eigenvalue weighted by molar-refractivity contribution is 0.0203. The Bertz CT molecular complexity index is 832. The number of fused-ring (bicyclic) bond motifs is 1. The molecule has 2 aromatic rings. The normalized spacial score (nSPS) is 15.8. The van der Waals surface area contributed by atoms with Gasteiger partial charge in [-0.3, -0.25) is 0 Å². The third-order valence-electron chi connectivity index (χ3n) is 4.47. The number of carbonyl (C=O) groups is 2. The largest absolute Gasteiger partial charge is 0.462 e. The quantitative estimate of drug-likeness (QED) is 0.768. The molecule has 3 heterocycles. The molecular formula is C19H26N4O4. The second-order valence-electron chi connectivity index (χ2n) is 7.65. The highest BCUT2D eigenvalue weighted by Gasteiger charge is 2.28. The van der Waals surface area contributed by atoms with Crippen LogP contribution in [0.1, 0.15) is 62.5 Å². The number of hydrogen-bond acceptors (Lipinski definition) is 6. The van der Waals surface area contributed by atoms with E-state index in [1.165, 1.54) is 10.8 Å². The van der Waals surface area contributed by atoms with Crippen LogP contribution >= 0.6 is 0 Å². The summed E-state index contributed by atoms with van der Waals surface area (Å²) in [6.45, 7) is 8.95. The fourth-order valence-corrected chi connectivity index (χ4v) is 3.16. The molecule has 8 nitrogen and oxygen atoms in total. The van der Waals surface area contributed by atoms with Crippen molar-refractivity contribution in [1.82, 2.24) is 19.7 Å². The van der Waals surface area contributed by atoms with E-state index in [2.05, 4.69) is 10.2 Å². The number of carbonyl (C=O) groups excluding carboxylic acids is 2. The van der Waals surface area contributed by atoms with E-state index in [-0.39, 0.29) is 12.0 Å². The fourth-order valence-electron chi connectivity index (χ4n) is 3.16. The van der Waals surface area contributed by atoms with E-state index >= 15 is 0 Å². The molecule has 8 heteroatoms. The maximum absolute atomic E-state index is 12.2. The van der Waals surface area contributed by atoms with E-state index in [9.17, 15) is 9.59 Å². The van der Waals surface area contributed by atoms with Gasteiger partial charge in [-0.1, -0.05) is 0 Å². The van der Waals surface area contributed by atoms with Gasteiger partial charge in [0.25, 0.3) is 0 Å². The van der Waals surface area contributed by atoms with Crippen molar-refractivity contribution in [3.63, 3.8) is 0 Å². The Kier molecular flexibility index (Phi) is 5.34. The zero-order valence-corrected chi connectivity index (χ0v) is 16.3. The van der Waals surface area contributed by atoms with Crippen molar-refractivity contribution in [2.24, 2.45) is 0 Å². The van der Waals surface area contributed by atoms with Crippen LogP contribution in [-0.4, -0.2) is 57.1 Å². The third kappa shape index (κ3) is 4.37. The van der Waals surface area contributed by atoms with Gasteiger partial charge in [0.1, 0.15) is 16.7 Å². The Morgan fingerprint density at radius 3 is 2.56 bits per heavy atom. The van der Waals surface area contributed by atoms with Crippen molar-refractivity contribution < 1.29 is 19.1 Å². The summed E-state index contributed by atoms with van der Waals surface area (Å²) in [7, 11) is 0. The highest BCUT2D eigenvalue weighted by molar-refractivity contribution is 5.96.